The van der Waals surface area contributed by atoms with Crippen molar-refractivity contribution < 1.29 is 9.66 Å². The van der Waals surface area contributed by atoms with Crippen LogP contribution < -0.4 is 4.90 Å². The molecule has 3 rings (SSSR count). The minimum Gasteiger partial charge on any atom is -0.378 e. The monoisotopic (exact) mass is 369 g/mol. The van der Waals surface area contributed by atoms with Gasteiger partial charge < -0.3 is 9.64 Å². The first-order chi connectivity index (χ1) is 12.6. The number of benzene rings is 2. The number of hydrogen-bond donors (Lipinski definition) is 0. The number of morpholine rings is 1. The molecule has 0 radical (unpaired) electrons. The van der Waals surface area contributed by atoms with Gasteiger partial charge in [-0.1, -0.05) is 35.9 Å². The normalized spacial score (nSPS) is 14.8. The van der Waals surface area contributed by atoms with Crippen LogP contribution in [0.4, 0.5) is 11.4 Å². The highest BCUT2D eigenvalue weighted by atomic mass is 35.5. The van der Waals surface area contributed by atoms with E-state index in [1.54, 1.807) is 42.5 Å². The molecule has 0 spiro atoms. The summed E-state index contributed by atoms with van der Waals surface area (Å²) in [6.45, 7) is 2.31. The number of allylic oxidation sites excluding steroid dienone is 1. The zero-order valence-electron chi connectivity index (χ0n) is 13.9. The summed E-state index contributed by atoms with van der Waals surface area (Å²) in [4.78, 5) is 13.1. The molecule has 2 aromatic rings. The summed E-state index contributed by atoms with van der Waals surface area (Å²) < 4.78 is 5.30. The number of halogens is 1. The lowest BCUT2D eigenvalue weighted by molar-refractivity contribution is -0.384. The van der Waals surface area contributed by atoms with Gasteiger partial charge in [0.05, 0.1) is 29.8 Å². The maximum absolute atomic E-state index is 11.5. The van der Waals surface area contributed by atoms with Crippen LogP contribution in [0.2, 0.25) is 5.02 Å². The van der Waals surface area contributed by atoms with Gasteiger partial charge in [-0.15, -0.1) is 0 Å². The smallest absolute Gasteiger partial charge is 0.293 e. The molecule has 0 N–H and O–H groups in total. The third-order valence-electron chi connectivity index (χ3n) is 4.14. The molecule has 6 nitrogen and oxygen atoms in total. The summed E-state index contributed by atoms with van der Waals surface area (Å²) in [6.07, 6.45) is 1.61. The maximum atomic E-state index is 11.5. The summed E-state index contributed by atoms with van der Waals surface area (Å²) in [5.74, 6) is 0. The van der Waals surface area contributed by atoms with Gasteiger partial charge in [-0.2, -0.15) is 5.26 Å². The number of hydrogen-bond acceptors (Lipinski definition) is 5. The Hall–Kier alpha value is -2.88. The first-order valence-electron chi connectivity index (χ1n) is 8.08. The second-order valence-corrected chi connectivity index (χ2v) is 6.16. The molecule has 132 valence electrons. The molecule has 1 aliphatic heterocycles. The second-order valence-electron chi connectivity index (χ2n) is 5.75. The molecule has 7 heteroatoms. The third-order valence-corrected chi connectivity index (χ3v) is 4.47. The van der Waals surface area contributed by atoms with Crippen LogP contribution in [-0.4, -0.2) is 31.2 Å². The molecular weight excluding hydrogens is 354 g/mol. The van der Waals surface area contributed by atoms with Crippen LogP contribution in [0.5, 0.6) is 0 Å². The molecule has 0 atom stereocenters. The number of ether oxygens (including phenoxy) is 1. The second kappa shape index (κ2) is 8.00. The fraction of sp³-hybridized carbons (Fsp3) is 0.211. The maximum Gasteiger partial charge on any atom is 0.293 e. The molecule has 0 aromatic heterocycles. The number of rotatable bonds is 4. The van der Waals surface area contributed by atoms with Crippen LogP contribution in [0.15, 0.2) is 42.5 Å². The van der Waals surface area contributed by atoms with Gasteiger partial charge in [0.25, 0.3) is 5.69 Å². The zero-order valence-corrected chi connectivity index (χ0v) is 14.6. The fourth-order valence-electron chi connectivity index (χ4n) is 2.86. The van der Waals surface area contributed by atoms with E-state index in [9.17, 15) is 15.4 Å². The molecular formula is C19H16ClN3O3. The Labute approximate surface area is 156 Å². The SMILES string of the molecule is N#CC(=Cc1ccc(N2CCOCC2)c([N+](=O)[O-])c1)c1ccccc1Cl. The number of nitriles is 1. The zero-order chi connectivity index (χ0) is 18.5. The molecule has 26 heavy (non-hydrogen) atoms. The predicted octanol–water partition coefficient (Wildman–Crippen LogP) is 4.15. The highest BCUT2D eigenvalue weighted by molar-refractivity contribution is 6.32. The van der Waals surface area contributed by atoms with Crippen LogP contribution in [0.1, 0.15) is 11.1 Å². The summed E-state index contributed by atoms with van der Waals surface area (Å²) in [6, 6.07) is 14.1. The van der Waals surface area contributed by atoms with Crippen molar-refractivity contribution in [2.45, 2.75) is 0 Å². The summed E-state index contributed by atoms with van der Waals surface area (Å²) in [7, 11) is 0. The minimum absolute atomic E-state index is 0.0112. The lowest BCUT2D eigenvalue weighted by Crippen LogP contribution is -2.36. The van der Waals surface area contributed by atoms with E-state index in [0.29, 0.717) is 53.7 Å². The van der Waals surface area contributed by atoms with Gasteiger partial charge in [-0.3, -0.25) is 10.1 Å². The van der Waals surface area contributed by atoms with Crippen molar-refractivity contribution in [3.63, 3.8) is 0 Å². The van der Waals surface area contributed by atoms with E-state index in [4.69, 9.17) is 16.3 Å². The van der Waals surface area contributed by atoms with E-state index in [0.717, 1.165) is 0 Å². The molecule has 2 aromatic carbocycles. The Morgan fingerprint density at radius 1 is 1.27 bits per heavy atom. The van der Waals surface area contributed by atoms with Crippen LogP contribution in [0.3, 0.4) is 0 Å². The molecule has 1 aliphatic rings. The van der Waals surface area contributed by atoms with Gasteiger partial charge in [0.2, 0.25) is 0 Å². The van der Waals surface area contributed by atoms with Gasteiger partial charge in [-0.05, 0) is 23.8 Å². The molecule has 0 bridgehead atoms. The third kappa shape index (κ3) is 3.85. The molecule has 1 saturated heterocycles. The number of nitro benzene ring substituents is 1. The first kappa shape index (κ1) is 17.9. The van der Waals surface area contributed by atoms with E-state index in [-0.39, 0.29) is 5.69 Å². The number of anilines is 1. The highest BCUT2D eigenvalue weighted by Gasteiger charge is 2.21. The topological polar surface area (TPSA) is 79.4 Å². The van der Waals surface area contributed by atoms with E-state index in [1.165, 1.54) is 6.07 Å². The Bertz CT molecular complexity index is 899. The average molecular weight is 370 g/mol. The first-order valence-corrected chi connectivity index (χ1v) is 8.46. The largest absolute Gasteiger partial charge is 0.378 e. The minimum atomic E-state index is -0.399. The van der Waals surface area contributed by atoms with Crippen molar-refractivity contribution in [1.82, 2.24) is 0 Å². The lowest BCUT2D eigenvalue weighted by atomic mass is 10.0. The molecule has 1 fully saturated rings. The predicted molar refractivity (Wildman–Crippen MR) is 101 cm³/mol. The van der Waals surface area contributed by atoms with Gasteiger partial charge in [-0.25, -0.2) is 0 Å². The van der Waals surface area contributed by atoms with Gasteiger partial charge in [0, 0.05) is 29.7 Å². The van der Waals surface area contributed by atoms with E-state index in [1.807, 2.05) is 4.90 Å². The highest BCUT2D eigenvalue weighted by Crippen LogP contribution is 2.32. The summed E-state index contributed by atoms with van der Waals surface area (Å²) in [5.41, 5.74) is 2.09. The Morgan fingerprint density at radius 2 is 2.00 bits per heavy atom. The van der Waals surface area contributed by atoms with Crippen LogP contribution in [-0.2, 0) is 4.74 Å². The van der Waals surface area contributed by atoms with Crippen molar-refractivity contribution in [1.29, 1.82) is 5.26 Å². The van der Waals surface area contributed by atoms with Gasteiger partial charge in [0.15, 0.2) is 0 Å². The van der Waals surface area contributed by atoms with Crippen molar-refractivity contribution in [2.75, 3.05) is 31.2 Å². The van der Waals surface area contributed by atoms with Crippen LogP contribution >= 0.6 is 11.6 Å². The van der Waals surface area contributed by atoms with Crippen molar-refractivity contribution in [3.05, 3.63) is 68.7 Å². The Balaban J connectivity index is 2.00. The number of nitrogens with zero attached hydrogens (tertiary/aromatic N) is 3. The Kier molecular flexibility index (Phi) is 5.52. The van der Waals surface area contributed by atoms with E-state index < -0.39 is 4.92 Å². The van der Waals surface area contributed by atoms with Crippen molar-refractivity contribution in [3.8, 4) is 6.07 Å². The van der Waals surface area contributed by atoms with Gasteiger partial charge in [0.1, 0.15) is 5.69 Å². The molecule has 1 heterocycles. The quantitative estimate of drug-likeness (QED) is 0.350. The van der Waals surface area contributed by atoms with Crippen LogP contribution in [0.25, 0.3) is 11.6 Å². The number of nitro groups is 1. The molecule has 0 unspecified atom stereocenters. The van der Waals surface area contributed by atoms with Crippen molar-refractivity contribution in [2.24, 2.45) is 0 Å². The molecule has 0 amide bonds. The standard InChI is InChI=1S/C19H16ClN3O3/c20-17-4-2-1-3-16(17)15(13-21)11-14-5-6-18(19(12-14)23(24)25)22-7-9-26-10-8-22/h1-6,11-12H,7-10H2. The fourth-order valence-corrected chi connectivity index (χ4v) is 3.10. The summed E-state index contributed by atoms with van der Waals surface area (Å²) in [5, 5.41) is 21.5. The lowest BCUT2D eigenvalue weighted by Gasteiger charge is -2.28. The van der Waals surface area contributed by atoms with Crippen molar-refractivity contribution >= 4 is 34.6 Å². The van der Waals surface area contributed by atoms with E-state index in [2.05, 4.69) is 6.07 Å². The average Bonchev–Trinajstić information content (AvgIpc) is 2.67. The van der Waals surface area contributed by atoms with Crippen LogP contribution in [0, 0.1) is 21.4 Å². The Morgan fingerprint density at radius 3 is 2.65 bits per heavy atom. The molecule has 0 aliphatic carbocycles. The van der Waals surface area contributed by atoms with Gasteiger partial charge >= 0.3 is 0 Å². The van der Waals surface area contributed by atoms with E-state index >= 15 is 0 Å². The molecule has 0 saturated carbocycles. The summed E-state index contributed by atoms with van der Waals surface area (Å²) >= 11 is 6.15.